The second-order valence-electron chi connectivity index (χ2n) is 35.5. The van der Waals surface area contributed by atoms with Crippen molar-refractivity contribution in [1.82, 2.24) is 5.32 Å². The zero-order valence-corrected chi connectivity index (χ0v) is 55.1. The standard InChI is InChI=1S/C82H101NO10/c1-48-54-17-16-50(34-54)32-49-10-8-11-51(33-49)41-76-31-30-74-27-19-55(48)36-65-70(88)81(90)67(75(46-85,82(65,74)91)45-78(71(74)93-76)63-38-58-35-56(52-12-4-3-5-13-52)20-26-73(58,78)28-21-62(63)76)22-29-77-44-72(23-6-7-24-72)25-18-53-14-9-15-57(43-84)60(53)39-66(83-2)61-37-59(42-80(77,81)89)79(77,47-86)64-40-68(87)92-69(61)64/h3-5,8-15,33,40,46,48,50,54-56,58-59,61-63,65-67,69-71,83-84,86,88-91H,6-7,16-17,19-24,26-32,34-39,41-45,47H2,1-2H3/t48-,50-,54+,55-,56+,58+,59+,61+,62+,63-,65+,66-,67-,69-,70-,71-,73-,74-,75+,76-,77+,78-,79-,80-,81-,82+/m1/s1. The van der Waals surface area contributed by atoms with E-state index < -0.39 is 97.4 Å². The summed E-state index contributed by atoms with van der Waals surface area (Å²) >= 11 is 0. The van der Waals surface area contributed by atoms with Gasteiger partial charge in [-0.2, -0.15) is 0 Å². The molecule has 11 nitrogen and oxygen atoms in total. The molecule has 0 aromatic heterocycles. The van der Waals surface area contributed by atoms with Crippen LogP contribution in [0.25, 0.3) is 0 Å². The van der Waals surface area contributed by atoms with E-state index in [1.807, 2.05) is 19.2 Å². The van der Waals surface area contributed by atoms with Crippen LogP contribution in [0.3, 0.4) is 0 Å². The molecule has 4 aliphatic heterocycles. The monoisotopic (exact) mass is 1260 g/mol. The summed E-state index contributed by atoms with van der Waals surface area (Å²) in [5.41, 5.74) is -6.12. The molecule has 21 rings (SSSR count). The van der Waals surface area contributed by atoms with Crippen molar-refractivity contribution in [3.63, 3.8) is 0 Å². The van der Waals surface area contributed by atoms with Crippen LogP contribution in [0.15, 0.2) is 84.4 Å². The number of rotatable bonds is 5. The van der Waals surface area contributed by atoms with Gasteiger partial charge in [-0.15, -0.1) is 0 Å². The highest BCUT2D eigenvalue weighted by atomic mass is 16.5. The van der Waals surface area contributed by atoms with Gasteiger partial charge in [-0.05, 0) is 259 Å². The minimum Gasteiger partial charge on any atom is -0.454 e. The number of ether oxygens (including phenoxy) is 2. The number of hydrogen-bond donors (Lipinski definition) is 7. The van der Waals surface area contributed by atoms with Crippen molar-refractivity contribution in [2.24, 2.45) is 103 Å². The van der Waals surface area contributed by atoms with Crippen LogP contribution in [0.1, 0.15) is 200 Å². The number of carbonyl (C=O) groups excluding carboxylic acids is 2. The quantitative estimate of drug-likeness (QED) is 0.0732. The van der Waals surface area contributed by atoms with Crippen LogP contribution in [-0.4, -0.2) is 103 Å². The Morgan fingerprint density at radius 1 is 0.742 bits per heavy atom. The summed E-state index contributed by atoms with van der Waals surface area (Å²) in [6.45, 7) is 1.89. The van der Waals surface area contributed by atoms with Gasteiger partial charge < -0.3 is 50.2 Å². The molecule has 16 bridgehead atoms. The van der Waals surface area contributed by atoms with Crippen molar-refractivity contribution in [2.45, 2.75) is 240 Å². The molecule has 0 radical (unpaired) electrons. The maximum absolute atomic E-state index is 16.6. The lowest BCUT2D eigenvalue weighted by Gasteiger charge is -2.83. The van der Waals surface area contributed by atoms with E-state index in [1.54, 1.807) is 6.08 Å². The average Bonchev–Trinajstić information content (AvgIpc) is 1.60. The lowest BCUT2D eigenvalue weighted by molar-refractivity contribution is -0.448. The summed E-state index contributed by atoms with van der Waals surface area (Å²) in [6, 6.07) is 26.5. The fourth-order valence-electron chi connectivity index (χ4n) is 30.6. The predicted octanol–water partition coefficient (Wildman–Crippen LogP) is 11.2. The predicted molar refractivity (Wildman–Crippen MR) is 350 cm³/mol. The van der Waals surface area contributed by atoms with E-state index in [9.17, 15) is 15.0 Å². The molecule has 14 aliphatic carbocycles. The van der Waals surface area contributed by atoms with Crippen LogP contribution in [-0.2, 0) is 44.9 Å². The zero-order valence-electron chi connectivity index (χ0n) is 55.1. The smallest absolute Gasteiger partial charge is 0.331 e. The molecule has 494 valence electrons. The highest BCUT2D eigenvalue weighted by Crippen LogP contribution is 2.90. The van der Waals surface area contributed by atoms with Crippen molar-refractivity contribution in [3.8, 4) is 11.8 Å². The maximum atomic E-state index is 16.6. The van der Waals surface area contributed by atoms with Gasteiger partial charge in [-0.25, -0.2) is 4.79 Å². The molecule has 3 aromatic rings. The molecule has 13 fully saturated rings. The molecule has 18 aliphatic rings. The van der Waals surface area contributed by atoms with Gasteiger partial charge in [-0.3, -0.25) is 0 Å². The molecule has 11 saturated carbocycles. The third-order valence-electron chi connectivity index (χ3n) is 33.8. The number of nitrogens with one attached hydrogen (secondary N) is 1. The summed E-state index contributed by atoms with van der Waals surface area (Å²) in [7, 11) is 1.94. The molecule has 6 spiro atoms. The third kappa shape index (κ3) is 7.00. The van der Waals surface area contributed by atoms with E-state index in [4.69, 9.17) is 9.47 Å². The van der Waals surface area contributed by atoms with Gasteiger partial charge in [0.2, 0.25) is 0 Å². The largest absolute Gasteiger partial charge is 0.454 e. The molecule has 0 amide bonds. The first-order valence-corrected chi connectivity index (χ1v) is 37.5. The minimum atomic E-state index is -2.37. The summed E-state index contributed by atoms with van der Waals surface area (Å²) < 4.78 is 15.3. The Bertz CT molecular complexity index is 3700. The van der Waals surface area contributed by atoms with Crippen LogP contribution >= 0.6 is 0 Å². The molecular formula is C82H101NO10. The number of esters is 1. The molecule has 4 heterocycles. The van der Waals surface area contributed by atoms with E-state index in [1.165, 1.54) is 23.0 Å². The lowest BCUT2D eigenvalue weighted by atomic mass is 9.25. The number of carbonyl (C=O) groups is 2. The Labute approximate surface area is 550 Å². The van der Waals surface area contributed by atoms with Crippen molar-refractivity contribution in [1.29, 1.82) is 0 Å². The molecule has 7 N–H and O–H groups in total. The van der Waals surface area contributed by atoms with Gasteiger partial charge in [0.1, 0.15) is 23.6 Å². The normalized spacial score (nSPS) is 51.7. The third-order valence-corrected chi connectivity index (χ3v) is 33.8. The Morgan fingerprint density at radius 2 is 1.54 bits per heavy atom. The summed E-state index contributed by atoms with van der Waals surface area (Å²) in [6.07, 6.45) is 20.3. The highest BCUT2D eigenvalue weighted by molar-refractivity contribution is 5.87. The van der Waals surface area contributed by atoms with Crippen LogP contribution in [0.2, 0.25) is 0 Å². The first-order valence-electron chi connectivity index (χ1n) is 37.5. The summed E-state index contributed by atoms with van der Waals surface area (Å²) in [5.74, 6) is 6.79. The molecule has 93 heavy (non-hydrogen) atoms. The van der Waals surface area contributed by atoms with Crippen molar-refractivity contribution in [3.05, 3.63) is 118 Å². The molecule has 26 atom stereocenters. The van der Waals surface area contributed by atoms with E-state index in [0.29, 0.717) is 74.2 Å². The molecule has 2 saturated heterocycles. The number of aliphatic hydroxyl groups is 6. The van der Waals surface area contributed by atoms with Crippen molar-refractivity contribution < 1.29 is 49.7 Å². The van der Waals surface area contributed by atoms with Crippen LogP contribution in [0, 0.1) is 115 Å². The second-order valence-corrected chi connectivity index (χ2v) is 35.5. The number of likely N-dealkylation sites (N-methyl/N-ethyl adjacent to an activating group) is 1. The van der Waals surface area contributed by atoms with Gasteiger partial charge in [0, 0.05) is 68.9 Å². The van der Waals surface area contributed by atoms with E-state index >= 15 is 25.2 Å². The van der Waals surface area contributed by atoms with Gasteiger partial charge in [0.25, 0.3) is 0 Å². The number of aliphatic hydroxyl groups excluding tert-OH is 3. The van der Waals surface area contributed by atoms with Gasteiger partial charge >= 0.3 is 5.97 Å². The van der Waals surface area contributed by atoms with E-state index in [0.717, 1.165) is 126 Å². The van der Waals surface area contributed by atoms with Crippen molar-refractivity contribution in [2.75, 3.05) is 13.7 Å². The molecular weight excluding hydrogens is 1160 g/mol. The fourth-order valence-corrected chi connectivity index (χ4v) is 30.6. The van der Waals surface area contributed by atoms with E-state index in [-0.39, 0.29) is 73.0 Å². The minimum absolute atomic E-state index is 0.0248. The highest BCUT2D eigenvalue weighted by Gasteiger charge is 2.94. The SMILES string of the molecule is CN[C@@H]1Cc2c(cccc2CO)C#CC2(CCCC2)C[C@]23CC[C@H]4[C@@](O)([C@H](O)[C@@H]5C[C@H]6CC[C@@]78CC[C@]9(Cc%10cccc(c%10)C[C@H]%10CC[C@@H](C%10)[C@H]6C)O[C@H]7[C@@]6(C[C@@]4(C=O)[C@]58O)[C@@H]4C[C@@H]5C[C@@H](c7ccccc7)CC[C@@]56CC[C@@H]49)[C@@]2(O)C[C@@H]2C[C@@H]1[C@H]1OC(=O)C=C1[C@@]23CO. The first kappa shape index (κ1) is 60.0. The van der Waals surface area contributed by atoms with E-state index in [2.05, 4.69) is 84.7 Å². The van der Waals surface area contributed by atoms with Crippen molar-refractivity contribution >= 4 is 12.3 Å². The van der Waals surface area contributed by atoms with Crippen LogP contribution in [0.5, 0.6) is 0 Å². The van der Waals surface area contributed by atoms with Gasteiger partial charge in [0.05, 0.1) is 42.0 Å². The van der Waals surface area contributed by atoms with Crippen LogP contribution < -0.4 is 5.32 Å². The average molecular weight is 1260 g/mol. The summed E-state index contributed by atoms with van der Waals surface area (Å²) in [5, 5.41) is 90.8. The second kappa shape index (κ2) is 20.0. The topological polar surface area (TPSA) is 186 Å². The Kier molecular flexibility index (Phi) is 12.9. The maximum Gasteiger partial charge on any atom is 0.331 e. The fraction of sp³-hybridized carbons (Fsp3) is 0.707. The molecule has 3 aromatic carbocycles. The first-order chi connectivity index (χ1) is 44.9. The number of aldehydes is 1. The number of hydrogen-bond acceptors (Lipinski definition) is 11. The summed E-state index contributed by atoms with van der Waals surface area (Å²) in [4.78, 5) is 31.1. The number of fused-ring (bicyclic) bond motifs is 5. The van der Waals surface area contributed by atoms with Crippen LogP contribution in [0.4, 0.5) is 0 Å². The molecule has 0 unspecified atom stereocenters. The Balaban J connectivity index is 0.856. The lowest BCUT2D eigenvalue weighted by Crippen LogP contribution is -2.91. The zero-order chi connectivity index (χ0) is 63.3. The number of benzene rings is 3. The van der Waals surface area contributed by atoms with Gasteiger partial charge in [-0.1, -0.05) is 98.3 Å². The Morgan fingerprint density at radius 3 is 2.34 bits per heavy atom. The molecule has 11 heteroatoms. The van der Waals surface area contributed by atoms with Gasteiger partial charge in [0.15, 0.2) is 0 Å². The Hall–Kier alpha value is -4.22.